The second kappa shape index (κ2) is 4.01. The van der Waals surface area contributed by atoms with Crippen molar-refractivity contribution in [2.45, 2.75) is 78.3 Å². The summed E-state index contributed by atoms with van der Waals surface area (Å²) in [5, 5.41) is 0. The van der Waals surface area contributed by atoms with E-state index in [4.69, 9.17) is 9.31 Å². The van der Waals surface area contributed by atoms with Crippen LogP contribution in [0.4, 0.5) is 0 Å². The Morgan fingerprint density at radius 2 is 1.53 bits per heavy atom. The standard InChI is InChI=1S/C16H29BO2/c1-14(2)12-8-7-11(13(14)9-12)10-17-18-15(3,4)16(5,6)19-17/h11-13H,7-10H2,1-6H3/t11-,12+,13+/m1/s1. The van der Waals surface area contributed by atoms with Crippen LogP contribution in [0.15, 0.2) is 0 Å². The first-order valence-electron chi connectivity index (χ1n) is 7.99. The molecule has 1 heterocycles. The van der Waals surface area contributed by atoms with Crippen LogP contribution in [-0.2, 0) is 9.31 Å². The molecule has 1 saturated heterocycles. The summed E-state index contributed by atoms with van der Waals surface area (Å²) in [5.41, 5.74) is 0.209. The highest BCUT2D eigenvalue weighted by atomic mass is 16.7. The number of fused-ring (bicyclic) bond motifs is 2. The molecule has 0 spiro atoms. The molecule has 3 aliphatic carbocycles. The summed E-state index contributed by atoms with van der Waals surface area (Å²) in [6.45, 7) is 13.5. The van der Waals surface area contributed by atoms with Crippen molar-refractivity contribution in [1.82, 2.24) is 0 Å². The van der Waals surface area contributed by atoms with Crippen molar-refractivity contribution in [3.8, 4) is 0 Å². The topological polar surface area (TPSA) is 18.5 Å². The molecular formula is C16H29BO2. The van der Waals surface area contributed by atoms with Crippen molar-refractivity contribution in [2.24, 2.45) is 23.2 Å². The summed E-state index contributed by atoms with van der Waals surface area (Å²) in [7, 11) is 0.00273. The van der Waals surface area contributed by atoms with Gasteiger partial charge in [0.05, 0.1) is 11.2 Å². The predicted octanol–water partition coefficient (Wildman–Crippen LogP) is 4.15. The van der Waals surface area contributed by atoms with Crippen molar-refractivity contribution in [3.05, 3.63) is 0 Å². The van der Waals surface area contributed by atoms with E-state index in [0.29, 0.717) is 5.41 Å². The second-order valence-corrected chi connectivity index (χ2v) is 8.62. The monoisotopic (exact) mass is 264 g/mol. The Bertz CT molecular complexity index is 357. The van der Waals surface area contributed by atoms with Gasteiger partial charge in [0.1, 0.15) is 0 Å². The molecule has 3 atom stereocenters. The molecule has 0 aromatic heterocycles. The van der Waals surface area contributed by atoms with Crippen LogP contribution in [0.3, 0.4) is 0 Å². The normalized spacial score (nSPS) is 42.0. The van der Waals surface area contributed by atoms with E-state index in [2.05, 4.69) is 41.5 Å². The van der Waals surface area contributed by atoms with Gasteiger partial charge in [0, 0.05) is 0 Å². The predicted molar refractivity (Wildman–Crippen MR) is 79.0 cm³/mol. The second-order valence-electron chi connectivity index (χ2n) is 8.62. The van der Waals surface area contributed by atoms with E-state index in [0.717, 1.165) is 24.1 Å². The molecule has 0 aromatic carbocycles. The average molecular weight is 264 g/mol. The Hall–Kier alpha value is -0.0151. The Morgan fingerprint density at radius 1 is 0.947 bits per heavy atom. The first kappa shape index (κ1) is 13.9. The Morgan fingerprint density at radius 3 is 2.00 bits per heavy atom. The minimum absolute atomic E-state index is 0.00273. The van der Waals surface area contributed by atoms with Gasteiger partial charge in [0.25, 0.3) is 0 Å². The van der Waals surface area contributed by atoms with Crippen LogP contribution in [0.1, 0.15) is 60.8 Å². The zero-order valence-electron chi connectivity index (χ0n) is 13.5. The van der Waals surface area contributed by atoms with Gasteiger partial charge in [-0.2, -0.15) is 0 Å². The molecule has 3 saturated carbocycles. The fourth-order valence-corrected chi connectivity index (χ4v) is 4.55. The SMILES string of the molecule is CC1(C)[C@H]2CC[C@H](CB3OC(C)(C)C(C)(C)O3)[C@@H]1C2. The highest BCUT2D eigenvalue weighted by Crippen LogP contribution is 2.62. The summed E-state index contributed by atoms with van der Waals surface area (Å²) in [5.74, 6) is 2.67. The molecule has 0 unspecified atom stereocenters. The van der Waals surface area contributed by atoms with Crippen LogP contribution in [0.25, 0.3) is 0 Å². The lowest BCUT2D eigenvalue weighted by atomic mass is 9.43. The summed E-state index contributed by atoms with van der Waals surface area (Å²) in [6.07, 6.45) is 5.32. The summed E-state index contributed by atoms with van der Waals surface area (Å²) >= 11 is 0. The molecule has 4 aliphatic rings. The fraction of sp³-hybridized carbons (Fsp3) is 1.00. The molecule has 108 valence electrons. The third-order valence-electron chi connectivity index (χ3n) is 6.80. The number of hydrogen-bond acceptors (Lipinski definition) is 2. The van der Waals surface area contributed by atoms with Crippen LogP contribution < -0.4 is 0 Å². The quantitative estimate of drug-likeness (QED) is 0.697. The Kier molecular flexibility index (Phi) is 2.94. The Balaban J connectivity index is 1.64. The maximum Gasteiger partial charge on any atom is 0.458 e. The first-order chi connectivity index (χ1) is 8.63. The molecule has 0 N–H and O–H groups in total. The average Bonchev–Trinajstić information content (AvgIpc) is 2.46. The smallest absolute Gasteiger partial charge is 0.403 e. The van der Waals surface area contributed by atoms with Gasteiger partial charge in [0.15, 0.2) is 0 Å². The molecule has 0 aromatic rings. The zero-order chi connectivity index (χ0) is 14.1. The maximum atomic E-state index is 6.18. The van der Waals surface area contributed by atoms with Crippen LogP contribution in [-0.4, -0.2) is 18.3 Å². The third-order valence-corrected chi connectivity index (χ3v) is 6.80. The van der Waals surface area contributed by atoms with E-state index >= 15 is 0 Å². The molecule has 2 bridgehead atoms. The molecule has 4 rings (SSSR count). The van der Waals surface area contributed by atoms with Gasteiger partial charge in [-0.05, 0) is 70.0 Å². The highest BCUT2D eigenvalue weighted by molar-refractivity contribution is 6.45. The minimum atomic E-state index is -0.177. The fourth-order valence-electron chi connectivity index (χ4n) is 4.55. The van der Waals surface area contributed by atoms with Gasteiger partial charge in [0.2, 0.25) is 0 Å². The molecule has 0 amide bonds. The van der Waals surface area contributed by atoms with Gasteiger partial charge in [-0.1, -0.05) is 20.3 Å². The molecular weight excluding hydrogens is 235 g/mol. The van der Waals surface area contributed by atoms with Crippen molar-refractivity contribution < 1.29 is 9.31 Å². The summed E-state index contributed by atoms with van der Waals surface area (Å²) in [4.78, 5) is 0. The molecule has 4 fully saturated rings. The lowest BCUT2D eigenvalue weighted by molar-refractivity contribution is -0.100. The lowest BCUT2D eigenvalue weighted by Crippen LogP contribution is -2.53. The zero-order valence-corrected chi connectivity index (χ0v) is 13.5. The number of rotatable bonds is 2. The van der Waals surface area contributed by atoms with E-state index < -0.39 is 0 Å². The van der Waals surface area contributed by atoms with Gasteiger partial charge < -0.3 is 9.31 Å². The van der Waals surface area contributed by atoms with Crippen molar-refractivity contribution >= 4 is 7.12 Å². The Labute approximate surface area is 118 Å². The van der Waals surface area contributed by atoms with Crippen molar-refractivity contribution in [2.75, 3.05) is 0 Å². The van der Waals surface area contributed by atoms with Gasteiger partial charge in [-0.15, -0.1) is 0 Å². The molecule has 1 aliphatic heterocycles. The number of hydrogen-bond donors (Lipinski definition) is 0. The molecule has 0 radical (unpaired) electrons. The highest BCUT2D eigenvalue weighted by Gasteiger charge is 2.57. The largest absolute Gasteiger partial charge is 0.458 e. The van der Waals surface area contributed by atoms with Crippen LogP contribution in [0.5, 0.6) is 0 Å². The maximum absolute atomic E-state index is 6.18. The minimum Gasteiger partial charge on any atom is -0.403 e. The van der Waals surface area contributed by atoms with Crippen molar-refractivity contribution in [1.29, 1.82) is 0 Å². The molecule has 2 nitrogen and oxygen atoms in total. The van der Waals surface area contributed by atoms with Gasteiger partial charge in [-0.25, -0.2) is 0 Å². The summed E-state index contributed by atoms with van der Waals surface area (Å²) < 4.78 is 12.4. The van der Waals surface area contributed by atoms with E-state index in [9.17, 15) is 0 Å². The molecule has 19 heavy (non-hydrogen) atoms. The van der Waals surface area contributed by atoms with E-state index in [1.807, 2.05) is 0 Å². The van der Waals surface area contributed by atoms with Gasteiger partial charge in [-0.3, -0.25) is 0 Å². The van der Waals surface area contributed by atoms with E-state index in [1.54, 1.807) is 0 Å². The molecule has 3 heteroatoms. The van der Waals surface area contributed by atoms with Gasteiger partial charge >= 0.3 is 7.12 Å². The lowest BCUT2D eigenvalue weighted by Gasteiger charge is -2.60. The van der Waals surface area contributed by atoms with Crippen LogP contribution >= 0.6 is 0 Å². The first-order valence-corrected chi connectivity index (χ1v) is 7.99. The van der Waals surface area contributed by atoms with Crippen molar-refractivity contribution in [3.63, 3.8) is 0 Å². The van der Waals surface area contributed by atoms with Crippen LogP contribution in [0, 0.1) is 23.2 Å². The van der Waals surface area contributed by atoms with E-state index in [1.165, 1.54) is 19.3 Å². The summed E-state index contributed by atoms with van der Waals surface area (Å²) in [6, 6.07) is 0. The third kappa shape index (κ3) is 2.00. The van der Waals surface area contributed by atoms with E-state index in [-0.39, 0.29) is 18.3 Å². The van der Waals surface area contributed by atoms with Crippen LogP contribution in [0.2, 0.25) is 6.32 Å².